The molecule has 0 amide bonds. The lowest BCUT2D eigenvalue weighted by atomic mass is 10.0. The zero-order valence-electron chi connectivity index (χ0n) is 7.40. The van der Waals surface area contributed by atoms with E-state index >= 15 is 0 Å². The second-order valence-corrected chi connectivity index (χ2v) is 2.56. The van der Waals surface area contributed by atoms with Crippen LogP contribution in [-0.4, -0.2) is 10.9 Å². The molecule has 0 unspecified atom stereocenters. The van der Waals surface area contributed by atoms with Gasteiger partial charge in [-0.2, -0.15) is 0 Å². The molecule has 0 aromatic heterocycles. The third-order valence-corrected chi connectivity index (χ3v) is 1.76. The third-order valence-electron chi connectivity index (χ3n) is 1.76. The summed E-state index contributed by atoms with van der Waals surface area (Å²) in [6.45, 7) is 2.35. The van der Waals surface area contributed by atoms with E-state index < -0.39 is 0 Å². The van der Waals surface area contributed by atoms with Gasteiger partial charge in [-0.1, -0.05) is 36.4 Å². The molecule has 0 saturated carbocycles. The lowest BCUT2D eigenvalue weighted by molar-refractivity contribution is -0.113. The summed E-state index contributed by atoms with van der Waals surface area (Å²) in [6.07, 6.45) is 1.68. The molecule has 0 heterocycles. The molecule has 1 N–H and O–H groups in total. The molecule has 1 aromatic carbocycles. The second kappa shape index (κ2) is 4.58. The van der Waals surface area contributed by atoms with Crippen molar-refractivity contribution < 1.29 is 9.90 Å². The van der Waals surface area contributed by atoms with Crippen LogP contribution < -0.4 is 0 Å². The van der Waals surface area contributed by atoms with Gasteiger partial charge in [0.15, 0.2) is 12.4 Å². The van der Waals surface area contributed by atoms with Gasteiger partial charge in [-0.25, -0.2) is 0 Å². The average Bonchev–Trinajstić information content (AvgIpc) is 2.20. The number of hydrogen-bond acceptors (Lipinski definition) is 2. The maximum Gasteiger partial charge on any atom is 0.194 e. The van der Waals surface area contributed by atoms with E-state index in [4.69, 9.17) is 5.11 Å². The van der Waals surface area contributed by atoms with Gasteiger partial charge < -0.3 is 5.11 Å². The van der Waals surface area contributed by atoms with Gasteiger partial charge in [0.25, 0.3) is 0 Å². The molecule has 1 aromatic rings. The first kappa shape index (κ1) is 9.68. The molecule has 0 spiro atoms. The molecule has 1 radical (unpaired) electrons. The number of carbonyl (C=O) groups excluding carboxylic acids is 1. The quantitative estimate of drug-likeness (QED) is 0.715. The highest BCUT2D eigenvalue weighted by Gasteiger charge is 2.08. The highest BCUT2D eigenvalue weighted by molar-refractivity contribution is 6.23. The molecule has 1 rings (SSSR count). The summed E-state index contributed by atoms with van der Waals surface area (Å²) in [7, 11) is 0. The van der Waals surface area contributed by atoms with Crippen molar-refractivity contribution in [1.82, 2.24) is 0 Å². The molecule has 0 saturated heterocycles. The van der Waals surface area contributed by atoms with Gasteiger partial charge >= 0.3 is 0 Å². The average molecular weight is 175 g/mol. The normalized spacial score (nSPS) is 11.4. The van der Waals surface area contributed by atoms with E-state index in [1.807, 2.05) is 30.3 Å². The number of ketones is 1. The molecular weight excluding hydrogens is 164 g/mol. The summed E-state index contributed by atoms with van der Waals surface area (Å²) in [6, 6.07) is 9.24. The number of carbonyl (C=O) groups is 1. The largest absolute Gasteiger partial charge is 0.382 e. The van der Waals surface area contributed by atoms with Crippen molar-refractivity contribution in [2.45, 2.75) is 6.92 Å². The maximum absolute atomic E-state index is 11.2. The number of Topliss-reactive ketones (excluding diaryl/α,β-unsaturated/α-hetero) is 1. The molecule has 0 aliphatic carbocycles. The Balaban J connectivity index is 3.00. The van der Waals surface area contributed by atoms with Gasteiger partial charge in [-0.05, 0) is 12.5 Å². The minimum absolute atomic E-state index is 0.367. The van der Waals surface area contributed by atoms with Crippen LogP contribution in [0.15, 0.2) is 36.4 Å². The van der Waals surface area contributed by atoms with Gasteiger partial charge in [0, 0.05) is 5.57 Å². The van der Waals surface area contributed by atoms with Crippen molar-refractivity contribution in [1.29, 1.82) is 0 Å². The lowest BCUT2D eigenvalue weighted by Crippen LogP contribution is -2.01. The first-order valence-corrected chi connectivity index (χ1v) is 4.03. The van der Waals surface area contributed by atoms with Crippen molar-refractivity contribution in [3.05, 3.63) is 48.6 Å². The summed E-state index contributed by atoms with van der Waals surface area (Å²) in [4.78, 5) is 11.2. The smallest absolute Gasteiger partial charge is 0.194 e. The number of rotatable bonds is 3. The minimum Gasteiger partial charge on any atom is -0.382 e. The van der Waals surface area contributed by atoms with Crippen LogP contribution in [0.3, 0.4) is 0 Å². The van der Waals surface area contributed by atoms with Crippen LogP contribution in [0, 0.1) is 6.61 Å². The van der Waals surface area contributed by atoms with Gasteiger partial charge in [-0.15, -0.1) is 0 Å². The van der Waals surface area contributed by atoms with Crippen LogP contribution in [0.25, 0.3) is 5.57 Å². The van der Waals surface area contributed by atoms with E-state index in [1.165, 1.54) is 0 Å². The zero-order valence-corrected chi connectivity index (χ0v) is 7.40. The van der Waals surface area contributed by atoms with E-state index in [9.17, 15) is 4.79 Å². The Morgan fingerprint density at radius 2 is 1.92 bits per heavy atom. The summed E-state index contributed by atoms with van der Waals surface area (Å²) in [5.41, 5.74) is 1.34. The summed E-state index contributed by atoms with van der Waals surface area (Å²) >= 11 is 0. The number of benzene rings is 1. The third kappa shape index (κ3) is 2.26. The molecular formula is C11H11O2. The maximum atomic E-state index is 11.2. The monoisotopic (exact) mass is 175 g/mol. The van der Waals surface area contributed by atoms with Gasteiger partial charge in [-0.3, -0.25) is 4.79 Å². The van der Waals surface area contributed by atoms with E-state index in [2.05, 4.69) is 0 Å². The van der Waals surface area contributed by atoms with Crippen molar-refractivity contribution in [2.75, 3.05) is 0 Å². The van der Waals surface area contributed by atoms with Crippen molar-refractivity contribution in [3.8, 4) is 0 Å². The minimum atomic E-state index is -0.367. The highest BCUT2D eigenvalue weighted by atomic mass is 16.3. The number of aliphatic hydroxyl groups is 1. The van der Waals surface area contributed by atoms with Crippen molar-refractivity contribution in [2.24, 2.45) is 0 Å². The molecule has 2 nitrogen and oxygen atoms in total. The van der Waals surface area contributed by atoms with Crippen LogP contribution in [-0.2, 0) is 4.79 Å². The Morgan fingerprint density at radius 3 is 2.38 bits per heavy atom. The standard InChI is InChI=1S/C11H11O2/c1-2-10(11(13)8-12)9-6-4-3-5-7-9/h2-8,12H,1H3. The van der Waals surface area contributed by atoms with Gasteiger partial charge in [0.2, 0.25) is 0 Å². The number of hydrogen-bond donors (Lipinski definition) is 1. The first-order chi connectivity index (χ1) is 6.29. The predicted molar refractivity (Wildman–Crippen MR) is 51.3 cm³/mol. The summed E-state index contributed by atoms with van der Waals surface area (Å²) in [5, 5.41) is 8.58. The Labute approximate surface area is 77.5 Å². The fourth-order valence-electron chi connectivity index (χ4n) is 1.14. The molecule has 0 bridgehead atoms. The Morgan fingerprint density at radius 1 is 1.31 bits per heavy atom. The van der Waals surface area contributed by atoms with Gasteiger partial charge in [0.05, 0.1) is 0 Å². The zero-order chi connectivity index (χ0) is 9.68. The Kier molecular flexibility index (Phi) is 3.41. The highest BCUT2D eigenvalue weighted by Crippen LogP contribution is 2.15. The summed E-state index contributed by atoms with van der Waals surface area (Å²) in [5.74, 6) is -0.367. The Bertz CT molecular complexity index is 312. The molecule has 0 aliphatic rings. The van der Waals surface area contributed by atoms with E-state index in [0.717, 1.165) is 5.56 Å². The van der Waals surface area contributed by atoms with E-state index in [-0.39, 0.29) is 5.78 Å². The Hall–Kier alpha value is -1.41. The fourth-order valence-corrected chi connectivity index (χ4v) is 1.14. The predicted octanol–water partition coefficient (Wildman–Crippen LogP) is 2.19. The number of allylic oxidation sites excluding steroid dienone is 1. The van der Waals surface area contributed by atoms with Gasteiger partial charge in [0.1, 0.15) is 0 Å². The van der Waals surface area contributed by atoms with Crippen LogP contribution in [0.4, 0.5) is 0 Å². The molecule has 0 aliphatic heterocycles. The second-order valence-electron chi connectivity index (χ2n) is 2.56. The molecule has 0 fully saturated rings. The summed E-state index contributed by atoms with van der Waals surface area (Å²) < 4.78 is 0. The first-order valence-electron chi connectivity index (χ1n) is 4.03. The van der Waals surface area contributed by atoms with Crippen LogP contribution in [0.2, 0.25) is 0 Å². The SMILES string of the molecule is CC=C(C(=O)[CH]O)c1ccccc1. The number of aliphatic hydroxyl groups excluding tert-OH is 1. The van der Waals surface area contributed by atoms with E-state index in [0.29, 0.717) is 12.2 Å². The topological polar surface area (TPSA) is 37.3 Å². The molecule has 67 valence electrons. The van der Waals surface area contributed by atoms with Crippen LogP contribution in [0.1, 0.15) is 12.5 Å². The molecule has 0 atom stereocenters. The lowest BCUT2D eigenvalue weighted by Gasteiger charge is -2.02. The van der Waals surface area contributed by atoms with Crippen LogP contribution >= 0.6 is 0 Å². The van der Waals surface area contributed by atoms with E-state index in [1.54, 1.807) is 13.0 Å². The van der Waals surface area contributed by atoms with Crippen LogP contribution in [0.5, 0.6) is 0 Å². The molecule has 2 heteroatoms. The van der Waals surface area contributed by atoms with Crippen molar-refractivity contribution >= 4 is 11.4 Å². The van der Waals surface area contributed by atoms with Crippen molar-refractivity contribution in [3.63, 3.8) is 0 Å². The molecule has 13 heavy (non-hydrogen) atoms. The fraction of sp³-hybridized carbons (Fsp3) is 0.0909.